The number of nitrogens with one attached hydrogen (secondary N) is 2. The van der Waals surface area contributed by atoms with Gasteiger partial charge in [-0.25, -0.2) is 14.8 Å². The van der Waals surface area contributed by atoms with Crippen molar-refractivity contribution in [2.45, 2.75) is 13.5 Å². The van der Waals surface area contributed by atoms with Gasteiger partial charge in [-0.05, 0) is 34.5 Å². The Morgan fingerprint density at radius 1 is 1.53 bits per heavy atom. The molecule has 2 aromatic rings. The summed E-state index contributed by atoms with van der Waals surface area (Å²) in [6.45, 7) is 3.09. The van der Waals surface area contributed by atoms with Crippen LogP contribution in [-0.2, 0) is 6.54 Å². The molecule has 0 unspecified atom stereocenters. The monoisotopic (exact) mass is 323 g/mol. The summed E-state index contributed by atoms with van der Waals surface area (Å²) in [4.78, 5) is 19.7. The van der Waals surface area contributed by atoms with Gasteiger partial charge in [0.05, 0.1) is 6.33 Å². The number of amides is 2. The molecule has 0 bridgehead atoms. The number of carbonyl (C=O) groups excluding carboxylic acids is 1. The van der Waals surface area contributed by atoms with Crippen LogP contribution in [0.4, 0.5) is 10.6 Å². The van der Waals surface area contributed by atoms with Crippen LogP contribution in [0.5, 0.6) is 0 Å². The van der Waals surface area contributed by atoms with Crippen molar-refractivity contribution in [2.24, 2.45) is 0 Å². The van der Waals surface area contributed by atoms with Crippen LogP contribution in [0.2, 0.25) is 0 Å². The lowest BCUT2D eigenvalue weighted by molar-refractivity contribution is 0.251. The van der Waals surface area contributed by atoms with Crippen LogP contribution in [0.1, 0.15) is 5.56 Å². The van der Waals surface area contributed by atoms with Gasteiger partial charge in [-0.1, -0.05) is 0 Å². The molecule has 100 valence electrons. The van der Waals surface area contributed by atoms with Crippen molar-refractivity contribution in [2.75, 3.05) is 11.9 Å². The van der Waals surface area contributed by atoms with E-state index in [1.54, 1.807) is 18.7 Å². The van der Waals surface area contributed by atoms with Crippen LogP contribution in [0.15, 0.2) is 35.5 Å². The van der Waals surface area contributed by atoms with Gasteiger partial charge in [-0.15, -0.1) is 0 Å². The number of halogens is 1. The van der Waals surface area contributed by atoms with Crippen molar-refractivity contribution in [3.05, 3.63) is 41.0 Å². The first kappa shape index (κ1) is 13.5. The Labute approximate surface area is 119 Å². The second kappa shape index (κ2) is 6.33. The molecule has 0 aliphatic heterocycles. The van der Waals surface area contributed by atoms with E-state index in [1.807, 2.05) is 23.8 Å². The number of pyridine rings is 1. The Bertz CT molecular complexity index is 555. The molecule has 2 amide bonds. The van der Waals surface area contributed by atoms with E-state index in [4.69, 9.17) is 0 Å². The quantitative estimate of drug-likeness (QED) is 0.905. The van der Waals surface area contributed by atoms with Gasteiger partial charge < -0.3 is 9.88 Å². The lowest BCUT2D eigenvalue weighted by Crippen LogP contribution is -2.31. The van der Waals surface area contributed by atoms with Crippen LogP contribution < -0.4 is 10.6 Å². The molecular formula is C12H14BrN5O. The highest BCUT2D eigenvalue weighted by atomic mass is 79.9. The average molecular weight is 324 g/mol. The summed E-state index contributed by atoms with van der Waals surface area (Å²) in [5, 5.41) is 5.47. The molecule has 0 saturated heterocycles. The van der Waals surface area contributed by atoms with Crippen molar-refractivity contribution in [3.8, 4) is 0 Å². The number of urea groups is 1. The number of hydrogen-bond acceptors (Lipinski definition) is 3. The third-order valence-electron chi connectivity index (χ3n) is 2.49. The highest BCUT2D eigenvalue weighted by Gasteiger charge is 2.05. The fourth-order valence-corrected chi connectivity index (χ4v) is 1.99. The Morgan fingerprint density at radius 3 is 3.05 bits per heavy atom. The normalized spacial score (nSPS) is 10.2. The number of imidazole rings is 1. The molecule has 6 nitrogen and oxygen atoms in total. The fraction of sp³-hybridized carbons (Fsp3) is 0.250. The van der Waals surface area contributed by atoms with Crippen LogP contribution >= 0.6 is 15.9 Å². The number of anilines is 1. The number of rotatable bonds is 4. The smallest absolute Gasteiger partial charge is 0.320 e. The standard InChI is InChI=1S/C12H14BrN5O/c1-9-6-10(13)7-16-11(9)17-12(19)15-3-5-18-4-2-14-8-18/h2,4,6-8H,3,5H2,1H3,(H2,15,16,17,19). The third-order valence-corrected chi connectivity index (χ3v) is 2.93. The molecule has 19 heavy (non-hydrogen) atoms. The summed E-state index contributed by atoms with van der Waals surface area (Å²) in [6.07, 6.45) is 6.91. The maximum absolute atomic E-state index is 11.7. The summed E-state index contributed by atoms with van der Waals surface area (Å²) < 4.78 is 2.78. The number of carbonyl (C=O) groups is 1. The molecule has 2 rings (SSSR count). The molecular weight excluding hydrogens is 310 g/mol. The summed E-state index contributed by atoms with van der Waals surface area (Å²) in [6, 6.07) is 1.63. The number of nitrogens with zero attached hydrogens (tertiary/aromatic N) is 3. The molecule has 7 heteroatoms. The van der Waals surface area contributed by atoms with Crippen molar-refractivity contribution in [1.82, 2.24) is 19.9 Å². The van der Waals surface area contributed by atoms with Gasteiger partial charge in [0.15, 0.2) is 0 Å². The SMILES string of the molecule is Cc1cc(Br)cnc1NC(=O)NCCn1ccnc1. The first-order valence-electron chi connectivity index (χ1n) is 5.78. The average Bonchev–Trinajstić information content (AvgIpc) is 2.86. The summed E-state index contributed by atoms with van der Waals surface area (Å²) >= 11 is 3.33. The fourth-order valence-electron chi connectivity index (χ4n) is 1.54. The lowest BCUT2D eigenvalue weighted by Gasteiger charge is -2.09. The molecule has 2 N–H and O–H groups in total. The number of aromatic nitrogens is 3. The number of hydrogen-bond donors (Lipinski definition) is 2. The molecule has 0 radical (unpaired) electrons. The molecule has 0 saturated carbocycles. The van der Waals surface area contributed by atoms with Crippen LogP contribution in [-0.4, -0.2) is 27.1 Å². The zero-order valence-corrected chi connectivity index (χ0v) is 12.0. The lowest BCUT2D eigenvalue weighted by atomic mass is 10.3. The van der Waals surface area contributed by atoms with E-state index in [9.17, 15) is 4.79 Å². The second-order valence-corrected chi connectivity index (χ2v) is 4.92. The van der Waals surface area contributed by atoms with E-state index in [2.05, 4.69) is 36.5 Å². The highest BCUT2D eigenvalue weighted by molar-refractivity contribution is 9.10. The first-order valence-corrected chi connectivity index (χ1v) is 6.57. The van der Waals surface area contributed by atoms with E-state index in [0.29, 0.717) is 18.9 Å². The van der Waals surface area contributed by atoms with Gasteiger partial charge >= 0.3 is 6.03 Å². The van der Waals surface area contributed by atoms with Crippen molar-refractivity contribution >= 4 is 27.8 Å². The minimum Gasteiger partial charge on any atom is -0.336 e. The molecule has 0 aliphatic rings. The summed E-state index contributed by atoms with van der Waals surface area (Å²) in [7, 11) is 0. The molecule has 0 spiro atoms. The molecule has 2 heterocycles. The van der Waals surface area contributed by atoms with Crippen molar-refractivity contribution in [3.63, 3.8) is 0 Å². The maximum Gasteiger partial charge on any atom is 0.320 e. The van der Waals surface area contributed by atoms with Gasteiger partial charge in [0.2, 0.25) is 0 Å². The number of aryl methyl sites for hydroxylation is 1. The minimum atomic E-state index is -0.266. The van der Waals surface area contributed by atoms with Crippen LogP contribution in [0.3, 0.4) is 0 Å². The van der Waals surface area contributed by atoms with Gasteiger partial charge in [0.25, 0.3) is 0 Å². The van der Waals surface area contributed by atoms with Gasteiger partial charge in [-0.3, -0.25) is 5.32 Å². The largest absolute Gasteiger partial charge is 0.336 e. The van der Waals surface area contributed by atoms with Gasteiger partial charge in [-0.2, -0.15) is 0 Å². The Balaban J connectivity index is 1.80. The molecule has 2 aromatic heterocycles. The summed E-state index contributed by atoms with van der Waals surface area (Å²) in [5.41, 5.74) is 0.902. The predicted molar refractivity (Wildman–Crippen MR) is 75.9 cm³/mol. The second-order valence-electron chi connectivity index (χ2n) is 4.00. The van der Waals surface area contributed by atoms with E-state index in [0.717, 1.165) is 10.0 Å². The zero-order valence-electron chi connectivity index (χ0n) is 10.4. The summed E-state index contributed by atoms with van der Waals surface area (Å²) in [5.74, 6) is 0.559. The van der Waals surface area contributed by atoms with Gasteiger partial charge in [0, 0.05) is 36.2 Å². The van der Waals surface area contributed by atoms with E-state index >= 15 is 0 Å². The van der Waals surface area contributed by atoms with E-state index in [-0.39, 0.29) is 6.03 Å². The predicted octanol–water partition coefficient (Wildman–Crippen LogP) is 2.17. The molecule has 0 fully saturated rings. The Hall–Kier alpha value is -1.89. The van der Waals surface area contributed by atoms with Gasteiger partial charge in [0.1, 0.15) is 5.82 Å². The molecule has 0 aliphatic carbocycles. The van der Waals surface area contributed by atoms with Crippen LogP contribution in [0.25, 0.3) is 0 Å². The maximum atomic E-state index is 11.7. The first-order chi connectivity index (χ1) is 9.15. The van der Waals surface area contributed by atoms with Crippen molar-refractivity contribution in [1.29, 1.82) is 0 Å². The molecule has 0 aromatic carbocycles. The minimum absolute atomic E-state index is 0.266. The zero-order chi connectivity index (χ0) is 13.7. The van der Waals surface area contributed by atoms with E-state index in [1.165, 1.54) is 0 Å². The van der Waals surface area contributed by atoms with E-state index < -0.39 is 0 Å². The highest BCUT2D eigenvalue weighted by Crippen LogP contribution is 2.16. The Kier molecular flexibility index (Phi) is 4.51. The Morgan fingerprint density at radius 2 is 2.37 bits per heavy atom. The topological polar surface area (TPSA) is 71.8 Å². The third kappa shape index (κ3) is 4.06. The molecule has 0 atom stereocenters. The van der Waals surface area contributed by atoms with Crippen LogP contribution in [0, 0.1) is 6.92 Å². The van der Waals surface area contributed by atoms with Crippen molar-refractivity contribution < 1.29 is 4.79 Å².